The van der Waals surface area contributed by atoms with Gasteiger partial charge in [0.2, 0.25) is 5.91 Å². The quantitative estimate of drug-likeness (QED) is 0.684. The van der Waals surface area contributed by atoms with E-state index in [2.05, 4.69) is 52.0 Å². The van der Waals surface area contributed by atoms with Gasteiger partial charge in [0.1, 0.15) is 5.75 Å². The first-order valence-electron chi connectivity index (χ1n) is 11.4. The number of carbonyl (C=O) groups excluding carboxylic acids is 1. The van der Waals surface area contributed by atoms with Crippen molar-refractivity contribution in [1.29, 1.82) is 0 Å². The summed E-state index contributed by atoms with van der Waals surface area (Å²) >= 11 is 0. The van der Waals surface area contributed by atoms with Gasteiger partial charge in [0.25, 0.3) is 0 Å². The molecular weight excluding hydrogens is 388 g/mol. The molecule has 4 rings (SSSR count). The molecule has 2 heterocycles. The molecule has 31 heavy (non-hydrogen) atoms. The van der Waals surface area contributed by atoms with Gasteiger partial charge in [0.15, 0.2) is 0 Å². The summed E-state index contributed by atoms with van der Waals surface area (Å²) < 4.78 is 5.42. The first kappa shape index (κ1) is 21.7. The number of hydrogen-bond acceptors (Lipinski definition) is 5. The second-order valence-corrected chi connectivity index (χ2v) is 8.59. The lowest BCUT2D eigenvalue weighted by Crippen LogP contribution is -2.49. The van der Waals surface area contributed by atoms with E-state index in [9.17, 15) is 4.79 Å². The highest BCUT2D eigenvalue weighted by molar-refractivity contribution is 5.77. The van der Waals surface area contributed by atoms with E-state index < -0.39 is 0 Å². The van der Waals surface area contributed by atoms with Crippen molar-refractivity contribution in [3.63, 3.8) is 0 Å². The van der Waals surface area contributed by atoms with E-state index in [1.54, 1.807) is 7.11 Å². The molecule has 0 radical (unpaired) electrons. The molecule has 6 nitrogen and oxygen atoms in total. The molecule has 2 aromatic rings. The number of methoxy groups -OCH3 is 1. The lowest BCUT2D eigenvalue weighted by atomic mass is 9.87. The van der Waals surface area contributed by atoms with Crippen molar-refractivity contribution in [3.05, 3.63) is 60.2 Å². The van der Waals surface area contributed by atoms with Crippen LogP contribution in [0.4, 0.5) is 5.69 Å². The van der Waals surface area contributed by atoms with Crippen molar-refractivity contribution >= 4 is 11.6 Å². The van der Waals surface area contributed by atoms with Crippen LogP contribution in [0.2, 0.25) is 0 Å². The lowest BCUT2D eigenvalue weighted by molar-refractivity contribution is -0.132. The van der Waals surface area contributed by atoms with Crippen molar-refractivity contribution in [2.75, 3.05) is 38.7 Å². The van der Waals surface area contributed by atoms with Crippen molar-refractivity contribution in [1.82, 2.24) is 15.8 Å². The number of hydrazine groups is 1. The van der Waals surface area contributed by atoms with Gasteiger partial charge in [0.05, 0.1) is 7.11 Å². The number of likely N-dealkylation sites (tertiary alicyclic amines) is 1. The maximum atomic E-state index is 13.1. The molecule has 2 N–H and O–H groups in total. The van der Waals surface area contributed by atoms with Crippen molar-refractivity contribution in [2.24, 2.45) is 0 Å². The Kier molecular flexibility index (Phi) is 7.10. The van der Waals surface area contributed by atoms with Gasteiger partial charge in [-0.2, -0.15) is 0 Å². The molecule has 2 aromatic carbocycles. The van der Waals surface area contributed by atoms with E-state index in [1.807, 2.05) is 30.3 Å². The Morgan fingerprint density at radius 1 is 1.19 bits per heavy atom. The average molecular weight is 423 g/mol. The Morgan fingerprint density at radius 2 is 2.03 bits per heavy atom. The second-order valence-electron chi connectivity index (χ2n) is 8.59. The topological polar surface area (TPSA) is 56.8 Å². The molecule has 0 spiro atoms. The van der Waals surface area contributed by atoms with Gasteiger partial charge in [-0.05, 0) is 49.1 Å². The zero-order valence-electron chi connectivity index (χ0n) is 18.6. The highest BCUT2D eigenvalue weighted by Crippen LogP contribution is 2.33. The maximum absolute atomic E-state index is 13.1. The number of para-hydroxylation sites is 1. The minimum absolute atomic E-state index is 0.213. The minimum Gasteiger partial charge on any atom is -0.497 e. The highest BCUT2D eigenvalue weighted by atomic mass is 16.5. The van der Waals surface area contributed by atoms with Crippen LogP contribution in [0.5, 0.6) is 5.75 Å². The van der Waals surface area contributed by atoms with Crippen molar-refractivity contribution < 1.29 is 9.53 Å². The summed E-state index contributed by atoms with van der Waals surface area (Å²) in [4.78, 5) is 17.5. The summed E-state index contributed by atoms with van der Waals surface area (Å²) in [6.07, 6.45) is 3.58. The molecule has 2 saturated heterocycles. The molecule has 1 amide bonds. The van der Waals surface area contributed by atoms with Gasteiger partial charge in [-0.3, -0.25) is 15.6 Å². The summed E-state index contributed by atoms with van der Waals surface area (Å²) in [6, 6.07) is 19.1. The van der Waals surface area contributed by atoms with E-state index in [0.717, 1.165) is 44.6 Å². The van der Waals surface area contributed by atoms with Gasteiger partial charge in [-0.1, -0.05) is 30.3 Å². The molecule has 0 aromatic heterocycles. The van der Waals surface area contributed by atoms with Crippen LogP contribution in [0.15, 0.2) is 54.6 Å². The normalized spacial score (nSPS) is 23.2. The number of nitrogens with zero attached hydrogens (tertiary/aromatic N) is 2. The van der Waals surface area contributed by atoms with Crippen LogP contribution in [0.3, 0.4) is 0 Å². The fourth-order valence-corrected chi connectivity index (χ4v) is 4.97. The fraction of sp³-hybridized carbons (Fsp3) is 0.480. The Labute approximate surface area is 185 Å². The molecule has 6 heteroatoms. The Balaban J connectivity index is 1.36. The summed E-state index contributed by atoms with van der Waals surface area (Å²) in [6.45, 7) is 2.60. The van der Waals surface area contributed by atoms with E-state index in [-0.39, 0.29) is 18.0 Å². The predicted molar refractivity (Wildman–Crippen MR) is 124 cm³/mol. The summed E-state index contributed by atoms with van der Waals surface area (Å²) in [7, 11) is 3.79. The molecule has 0 saturated carbocycles. The van der Waals surface area contributed by atoms with Crippen LogP contribution in [0, 0.1) is 0 Å². The number of nitrogens with one attached hydrogen (secondary N) is 2. The number of benzene rings is 2. The number of anilines is 1. The number of carbonyl (C=O) groups is 1. The third kappa shape index (κ3) is 5.02. The fourth-order valence-electron chi connectivity index (χ4n) is 4.97. The van der Waals surface area contributed by atoms with Crippen LogP contribution in [-0.2, 0) is 4.79 Å². The number of hydrogen-bond donors (Lipinski definition) is 2. The van der Waals surface area contributed by atoms with Gasteiger partial charge < -0.3 is 14.5 Å². The molecular formula is C25H34N4O2. The van der Waals surface area contributed by atoms with E-state index in [0.29, 0.717) is 12.3 Å². The van der Waals surface area contributed by atoms with E-state index in [4.69, 9.17) is 4.74 Å². The third-order valence-corrected chi connectivity index (χ3v) is 6.66. The summed E-state index contributed by atoms with van der Waals surface area (Å²) in [5.74, 6) is 1.48. The molecule has 3 unspecified atom stereocenters. The molecule has 0 aliphatic carbocycles. The molecule has 2 aliphatic heterocycles. The molecule has 0 bridgehead atoms. The Hall–Kier alpha value is -2.57. The minimum atomic E-state index is 0.213. The zero-order valence-corrected chi connectivity index (χ0v) is 18.6. The second kappa shape index (κ2) is 10.2. The maximum Gasteiger partial charge on any atom is 0.222 e. The van der Waals surface area contributed by atoms with Gasteiger partial charge >= 0.3 is 0 Å². The van der Waals surface area contributed by atoms with Crippen LogP contribution in [0.1, 0.15) is 37.2 Å². The molecule has 2 aliphatic rings. The number of rotatable bonds is 8. The van der Waals surface area contributed by atoms with Crippen LogP contribution in [0.25, 0.3) is 0 Å². The van der Waals surface area contributed by atoms with Gasteiger partial charge in [0, 0.05) is 56.8 Å². The van der Waals surface area contributed by atoms with Gasteiger partial charge in [-0.15, -0.1) is 0 Å². The third-order valence-electron chi connectivity index (χ3n) is 6.66. The average Bonchev–Trinajstić information content (AvgIpc) is 3.49. The largest absolute Gasteiger partial charge is 0.497 e. The predicted octanol–water partition coefficient (Wildman–Crippen LogP) is 3.16. The van der Waals surface area contributed by atoms with Crippen molar-refractivity contribution in [2.45, 2.75) is 43.7 Å². The lowest BCUT2D eigenvalue weighted by Gasteiger charge is -2.33. The number of ether oxygens (including phenoxy) is 1. The standard InChI is InChI=1S/C25H34N4O2/c1-28(20-10-4-3-5-11-20)15-8-14-24(30)29-16-7-13-23(29)25-22(18-26-27-25)19-9-6-12-21(17-19)31-2/h3-6,9-12,17,22-23,25-27H,7-8,13-16,18H2,1-2H3. The van der Waals surface area contributed by atoms with E-state index >= 15 is 0 Å². The van der Waals surface area contributed by atoms with Crippen molar-refractivity contribution in [3.8, 4) is 5.75 Å². The highest BCUT2D eigenvalue weighted by Gasteiger charge is 2.41. The van der Waals surface area contributed by atoms with Crippen LogP contribution in [-0.4, -0.2) is 56.7 Å². The van der Waals surface area contributed by atoms with Gasteiger partial charge in [-0.25, -0.2) is 0 Å². The number of amides is 1. The monoisotopic (exact) mass is 422 g/mol. The van der Waals surface area contributed by atoms with Crippen LogP contribution >= 0.6 is 0 Å². The smallest absolute Gasteiger partial charge is 0.222 e. The Bertz CT molecular complexity index is 860. The first-order valence-corrected chi connectivity index (χ1v) is 11.4. The van der Waals surface area contributed by atoms with E-state index in [1.165, 1.54) is 11.3 Å². The summed E-state index contributed by atoms with van der Waals surface area (Å²) in [5.41, 5.74) is 9.25. The SMILES string of the molecule is COc1cccc(C2CNNC2C2CCCN2C(=O)CCCN(C)c2ccccc2)c1. The van der Waals surface area contributed by atoms with Crippen LogP contribution < -0.4 is 20.5 Å². The molecule has 166 valence electrons. The molecule has 3 atom stereocenters. The summed E-state index contributed by atoms with van der Waals surface area (Å²) in [5, 5.41) is 0. The zero-order chi connectivity index (χ0) is 21.6. The Morgan fingerprint density at radius 3 is 2.84 bits per heavy atom. The molecule has 2 fully saturated rings. The first-order chi connectivity index (χ1) is 15.2.